The minimum absolute atomic E-state index is 0.104. The van der Waals surface area contributed by atoms with E-state index in [-0.39, 0.29) is 24.1 Å². The molecule has 7 heteroatoms. The Bertz CT molecular complexity index is 1270. The van der Waals surface area contributed by atoms with Crippen molar-refractivity contribution in [2.45, 2.75) is 10.1 Å². The number of anilines is 2. The van der Waals surface area contributed by atoms with Crippen LogP contribution in [0.3, 0.4) is 0 Å². The maximum absolute atomic E-state index is 14.1. The number of carbonyl (C=O) groups excluding carboxylic acids is 2. The number of para-hydroxylation sites is 2. The van der Waals surface area contributed by atoms with Gasteiger partial charge < -0.3 is 15.4 Å². The SMILES string of the molecule is O=C(COc1ccccc1)Nc1ccc(SC(C(=O)Nc2ccccc2F)c2ccccc2)cc1. The fourth-order valence-electron chi connectivity index (χ4n) is 3.28. The van der Waals surface area contributed by atoms with Crippen molar-refractivity contribution in [2.24, 2.45) is 0 Å². The third-order valence-electron chi connectivity index (χ3n) is 4.98. The molecule has 4 aromatic rings. The number of amides is 2. The fraction of sp³-hybridized carbons (Fsp3) is 0.0714. The van der Waals surface area contributed by atoms with Crippen LogP contribution in [0, 0.1) is 5.82 Å². The maximum atomic E-state index is 14.1. The van der Waals surface area contributed by atoms with Crippen molar-refractivity contribution in [3.8, 4) is 5.75 Å². The summed E-state index contributed by atoms with van der Waals surface area (Å²) in [7, 11) is 0. The number of thioether (sulfide) groups is 1. The lowest BCUT2D eigenvalue weighted by Gasteiger charge is -2.17. The third kappa shape index (κ3) is 6.94. The molecule has 0 aliphatic rings. The highest BCUT2D eigenvalue weighted by molar-refractivity contribution is 8.00. The van der Waals surface area contributed by atoms with Crippen LogP contribution in [0.15, 0.2) is 114 Å². The summed E-state index contributed by atoms with van der Waals surface area (Å²) >= 11 is 1.34. The third-order valence-corrected chi connectivity index (χ3v) is 6.24. The highest BCUT2D eigenvalue weighted by Gasteiger charge is 2.23. The van der Waals surface area contributed by atoms with Gasteiger partial charge >= 0.3 is 0 Å². The molecule has 4 aromatic carbocycles. The molecular weight excluding hydrogens is 463 g/mol. The standard InChI is InChI=1S/C28H23FN2O3S/c29-24-13-7-8-14-25(24)31-28(33)27(20-9-3-1-4-10-20)35-23-17-15-21(16-18-23)30-26(32)19-34-22-11-5-2-6-12-22/h1-18,27H,19H2,(H,30,32)(H,31,33). The van der Waals surface area contributed by atoms with E-state index in [2.05, 4.69) is 10.6 Å². The van der Waals surface area contributed by atoms with Crippen LogP contribution in [0.5, 0.6) is 5.75 Å². The first-order valence-corrected chi connectivity index (χ1v) is 11.8. The number of ether oxygens (including phenoxy) is 1. The number of benzene rings is 4. The number of hydrogen-bond donors (Lipinski definition) is 2. The minimum atomic E-state index is -0.601. The molecule has 0 radical (unpaired) electrons. The summed E-state index contributed by atoms with van der Waals surface area (Å²) in [5, 5.41) is 4.88. The van der Waals surface area contributed by atoms with Gasteiger partial charge in [0.15, 0.2) is 6.61 Å². The lowest BCUT2D eigenvalue weighted by Crippen LogP contribution is -2.20. The van der Waals surface area contributed by atoms with Gasteiger partial charge in [0.05, 0.1) is 5.69 Å². The number of halogens is 1. The van der Waals surface area contributed by atoms with E-state index in [4.69, 9.17) is 4.74 Å². The van der Waals surface area contributed by atoms with Crippen LogP contribution in [0.4, 0.5) is 15.8 Å². The molecule has 0 saturated heterocycles. The zero-order valence-electron chi connectivity index (χ0n) is 18.7. The Labute approximate surface area is 207 Å². The quantitative estimate of drug-likeness (QED) is 0.272. The van der Waals surface area contributed by atoms with Gasteiger partial charge in [-0.15, -0.1) is 11.8 Å². The lowest BCUT2D eigenvalue weighted by molar-refractivity contribution is -0.118. The second-order valence-electron chi connectivity index (χ2n) is 7.55. The van der Waals surface area contributed by atoms with Gasteiger partial charge in [-0.1, -0.05) is 60.7 Å². The van der Waals surface area contributed by atoms with Crippen LogP contribution in [0.25, 0.3) is 0 Å². The van der Waals surface area contributed by atoms with E-state index in [1.165, 1.54) is 23.9 Å². The van der Waals surface area contributed by atoms with Crippen LogP contribution in [-0.4, -0.2) is 18.4 Å². The van der Waals surface area contributed by atoms with Crippen LogP contribution in [0.1, 0.15) is 10.8 Å². The smallest absolute Gasteiger partial charge is 0.262 e. The summed E-state index contributed by atoms with van der Waals surface area (Å²) < 4.78 is 19.5. The zero-order chi connectivity index (χ0) is 24.5. The van der Waals surface area contributed by atoms with E-state index in [1.54, 1.807) is 36.4 Å². The molecule has 0 aliphatic heterocycles. The van der Waals surface area contributed by atoms with E-state index < -0.39 is 11.1 Å². The van der Waals surface area contributed by atoms with Crippen molar-refractivity contribution in [1.29, 1.82) is 0 Å². The molecule has 0 aliphatic carbocycles. The van der Waals surface area contributed by atoms with Gasteiger partial charge in [0.2, 0.25) is 5.91 Å². The predicted molar refractivity (Wildman–Crippen MR) is 137 cm³/mol. The van der Waals surface area contributed by atoms with E-state index >= 15 is 0 Å². The molecule has 176 valence electrons. The second kappa shape index (κ2) is 11.9. The molecular formula is C28H23FN2O3S. The van der Waals surface area contributed by atoms with Crippen LogP contribution < -0.4 is 15.4 Å². The Kier molecular flexibility index (Phi) is 8.14. The van der Waals surface area contributed by atoms with Gasteiger partial charge in [0.1, 0.15) is 16.8 Å². The van der Waals surface area contributed by atoms with Crippen molar-refractivity contribution >= 4 is 35.0 Å². The Hall–Kier alpha value is -4.10. The molecule has 2 N–H and O–H groups in total. The monoisotopic (exact) mass is 486 g/mol. The van der Waals surface area contributed by atoms with Gasteiger partial charge in [-0.25, -0.2) is 4.39 Å². The minimum Gasteiger partial charge on any atom is -0.484 e. The van der Waals surface area contributed by atoms with Gasteiger partial charge in [-0.2, -0.15) is 0 Å². The van der Waals surface area contributed by atoms with Crippen LogP contribution in [0.2, 0.25) is 0 Å². The maximum Gasteiger partial charge on any atom is 0.262 e. The zero-order valence-corrected chi connectivity index (χ0v) is 19.5. The highest BCUT2D eigenvalue weighted by atomic mass is 32.2. The number of nitrogens with one attached hydrogen (secondary N) is 2. The van der Waals surface area contributed by atoms with Gasteiger partial charge in [-0.05, 0) is 54.1 Å². The van der Waals surface area contributed by atoms with Crippen molar-refractivity contribution in [2.75, 3.05) is 17.2 Å². The van der Waals surface area contributed by atoms with Gasteiger partial charge in [0.25, 0.3) is 5.91 Å². The van der Waals surface area contributed by atoms with Crippen LogP contribution in [-0.2, 0) is 9.59 Å². The first-order valence-electron chi connectivity index (χ1n) is 10.9. The van der Waals surface area contributed by atoms with Crippen molar-refractivity contribution in [3.05, 3.63) is 121 Å². The molecule has 0 heterocycles. The molecule has 0 spiro atoms. The highest BCUT2D eigenvalue weighted by Crippen LogP contribution is 2.37. The molecule has 1 atom stereocenters. The predicted octanol–water partition coefficient (Wildman–Crippen LogP) is 6.32. The van der Waals surface area contributed by atoms with Crippen molar-refractivity contribution < 1.29 is 18.7 Å². The van der Waals surface area contributed by atoms with Gasteiger partial charge in [-0.3, -0.25) is 9.59 Å². The summed E-state index contributed by atoms with van der Waals surface area (Å²) in [6, 6.07) is 31.7. The summed E-state index contributed by atoms with van der Waals surface area (Å²) in [6.45, 7) is -0.104. The summed E-state index contributed by atoms with van der Waals surface area (Å²) in [5.74, 6) is -0.480. The molecule has 0 fully saturated rings. The van der Waals surface area contributed by atoms with E-state index in [0.717, 1.165) is 10.5 Å². The number of rotatable bonds is 9. The largest absolute Gasteiger partial charge is 0.484 e. The molecule has 4 rings (SSSR count). The average Bonchev–Trinajstić information content (AvgIpc) is 2.89. The summed E-state index contributed by atoms with van der Waals surface area (Å²) in [4.78, 5) is 26.1. The topological polar surface area (TPSA) is 67.4 Å². The Morgan fingerprint density at radius 2 is 1.40 bits per heavy atom. The first-order chi connectivity index (χ1) is 17.1. The van der Waals surface area contributed by atoms with E-state index in [9.17, 15) is 14.0 Å². The Balaban J connectivity index is 1.41. The lowest BCUT2D eigenvalue weighted by atomic mass is 10.1. The second-order valence-corrected chi connectivity index (χ2v) is 8.73. The van der Waals surface area contributed by atoms with E-state index in [0.29, 0.717) is 11.4 Å². The normalized spacial score (nSPS) is 11.3. The molecule has 2 amide bonds. The van der Waals surface area contributed by atoms with Crippen LogP contribution >= 0.6 is 11.8 Å². The molecule has 1 unspecified atom stereocenters. The fourth-order valence-corrected chi connectivity index (χ4v) is 4.30. The number of carbonyl (C=O) groups is 2. The molecule has 5 nitrogen and oxygen atoms in total. The Morgan fingerprint density at radius 1 is 0.771 bits per heavy atom. The average molecular weight is 487 g/mol. The Morgan fingerprint density at radius 3 is 2.09 bits per heavy atom. The van der Waals surface area contributed by atoms with Crippen molar-refractivity contribution in [1.82, 2.24) is 0 Å². The first kappa shape index (κ1) is 24.0. The molecule has 0 aromatic heterocycles. The summed E-state index contributed by atoms with van der Waals surface area (Å²) in [6.07, 6.45) is 0. The molecule has 0 saturated carbocycles. The van der Waals surface area contributed by atoms with Crippen molar-refractivity contribution in [3.63, 3.8) is 0 Å². The molecule has 0 bridgehead atoms. The number of hydrogen-bond acceptors (Lipinski definition) is 4. The van der Waals surface area contributed by atoms with Gasteiger partial charge in [0, 0.05) is 10.6 Å². The molecule has 35 heavy (non-hydrogen) atoms. The summed E-state index contributed by atoms with van der Waals surface area (Å²) in [5.41, 5.74) is 1.54. The van der Waals surface area contributed by atoms with E-state index in [1.807, 2.05) is 60.7 Å².